The van der Waals surface area contributed by atoms with Gasteiger partial charge in [0.05, 0.1) is 0 Å². The van der Waals surface area contributed by atoms with Crippen molar-refractivity contribution in [1.29, 1.82) is 0 Å². The Balaban J connectivity index is 3.31. The molecule has 0 N–H and O–H groups in total. The molecule has 0 atom stereocenters. The third-order valence-electron chi connectivity index (χ3n) is 2.52. The first-order valence-electron chi connectivity index (χ1n) is 5.50. The fourth-order valence-corrected chi connectivity index (χ4v) is 1.35. The second-order valence-electron chi connectivity index (χ2n) is 3.53. The molecule has 0 aromatic rings. The highest BCUT2D eigenvalue weighted by molar-refractivity contribution is 6.59. The van der Waals surface area contributed by atoms with Crippen LogP contribution in [0, 0.1) is 0 Å². The fourth-order valence-electron chi connectivity index (χ4n) is 1.35. The van der Waals surface area contributed by atoms with Gasteiger partial charge in [0.2, 0.25) is 0 Å². The van der Waals surface area contributed by atoms with Crippen molar-refractivity contribution in [3.63, 3.8) is 0 Å². The summed E-state index contributed by atoms with van der Waals surface area (Å²) in [6.07, 6.45) is 12.6. The molecule has 0 saturated carbocycles. The van der Waals surface area contributed by atoms with Crippen molar-refractivity contribution >= 4 is 6.71 Å². The lowest BCUT2D eigenvalue weighted by molar-refractivity contribution is 0.814. The highest BCUT2D eigenvalue weighted by Gasteiger charge is 2.03. The summed E-state index contributed by atoms with van der Waals surface area (Å²) in [5.74, 6) is 0. The van der Waals surface area contributed by atoms with Crippen LogP contribution < -0.4 is 0 Å². The molecular weight excluding hydrogens is 143 g/mol. The number of hydrogen-bond acceptors (Lipinski definition) is 0. The summed E-state index contributed by atoms with van der Waals surface area (Å²) in [6, 6.07) is 0. The number of allylic oxidation sites excluding steroid dienone is 2. The Kier molecular flexibility index (Phi) is 8.75. The normalized spacial score (nSPS) is 10.9. The SMILES string of the molecule is CCCC/C=C/CB(CC)CC. The van der Waals surface area contributed by atoms with Crippen molar-refractivity contribution in [2.45, 2.75) is 59.0 Å². The minimum absolute atomic E-state index is 0.919. The van der Waals surface area contributed by atoms with Gasteiger partial charge in [0.1, 0.15) is 6.71 Å². The molecule has 0 nitrogen and oxygen atoms in total. The lowest BCUT2D eigenvalue weighted by Crippen LogP contribution is -2.05. The molecule has 0 aromatic heterocycles. The van der Waals surface area contributed by atoms with Crippen LogP contribution in [0.2, 0.25) is 19.0 Å². The van der Waals surface area contributed by atoms with Crippen LogP contribution in [0.1, 0.15) is 40.0 Å². The zero-order valence-electron chi connectivity index (χ0n) is 8.97. The lowest BCUT2D eigenvalue weighted by Gasteiger charge is -2.02. The topological polar surface area (TPSA) is 0 Å². The van der Waals surface area contributed by atoms with Gasteiger partial charge in [0.25, 0.3) is 0 Å². The monoisotopic (exact) mass is 166 g/mol. The molecule has 0 bridgehead atoms. The molecule has 0 spiro atoms. The van der Waals surface area contributed by atoms with E-state index < -0.39 is 0 Å². The van der Waals surface area contributed by atoms with Gasteiger partial charge in [-0.15, -0.1) is 0 Å². The van der Waals surface area contributed by atoms with E-state index in [4.69, 9.17) is 0 Å². The zero-order valence-corrected chi connectivity index (χ0v) is 8.97. The van der Waals surface area contributed by atoms with E-state index in [-0.39, 0.29) is 0 Å². The molecule has 0 aliphatic heterocycles. The van der Waals surface area contributed by atoms with Crippen molar-refractivity contribution in [3.8, 4) is 0 Å². The zero-order chi connectivity index (χ0) is 9.23. The minimum atomic E-state index is 0.919. The summed E-state index contributed by atoms with van der Waals surface area (Å²) < 4.78 is 0. The molecule has 0 aliphatic rings. The van der Waals surface area contributed by atoms with E-state index >= 15 is 0 Å². The Bertz CT molecular complexity index is 104. The van der Waals surface area contributed by atoms with E-state index in [2.05, 4.69) is 32.9 Å². The largest absolute Gasteiger partial charge is 0.143 e. The first kappa shape index (κ1) is 11.8. The van der Waals surface area contributed by atoms with Crippen molar-refractivity contribution in [2.24, 2.45) is 0 Å². The predicted molar refractivity (Wildman–Crippen MR) is 60.2 cm³/mol. The van der Waals surface area contributed by atoms with Gasteiger partial charge in [0, 0.05) is 0 Å². The van der Waals surface area contributed by atoms with Crippen molar-refractivity contribution in [2.75, 3.05) is 0 Å². The van der Waals surface area contributed by atoms with Crippen LogP contribution in [0.15, 0.2) is 12.2 Å². The molecule has 0 saturated heterocycles. The molecular formula is C11H23B. The maximum absolute atomic E-state index is 2.37. The van der Waals surface area contributed by atoms with Crippen molar-refractivity contribution in [1.82, 2.24) is 0 Å². The Labute approximate surface area is 78.5 Å². The van der Waals surface area contributed by atoms with Gasteiger partial charge in [-0.1, -0.05) is 64.7 Å². The maximum atomic E-state index is 2.37. The Morgan fingerprint density at radius 1 is 1.00 bits per heavy atom. The second kappa shape index (κ2) is 8.90. The molecule has 0 unspecified atom stereocenters. The van der Waals surface area contributed by atoms with Gasteiger partial charge < -0.3 is 0 Å². The van der Waals surface area contributed by atoms with Crippen LogP contribution in [-0.2, 0) is 0 Å². The smallest absolute Gasteiger partial charge is 0.0957 e. The van der Waals surface area contributed by atoms with Gasteiger partial charge in [-0.3, -0.25) is 0 Å². The maximum Gasteiger partial charge on any atom is 0.143 e. The second-order valence-corrected chi connectivity index (χ2v) is 3.53. The molecule has 0 rings (SSSR count). The number of unbranched alkanes of at least 4 members (excludes halogenated alkanes) is 2. The average molecular weight is 166 g/mol. The lowest BCUT2D eigenvalue weighted by atomic mass is 9.43. The van der Waals surface area contributed by atoms with Crippen molar-refractivity contribution in [3.05, 3.63) is 12.2 Å². The highest BCUT2D eigenvalue weighted by atomic mass is 13.8. The Morgan fingerprint density at radius 3 is 2.17 bits per heavy atom. The van der Waals surface area contributed by atoms with E-state index in [0.29, 0.717) is 0 Å². The highest BCUT2D eigenvalue weighted by Crippen LogP contribution is 2.06. The molecule has 0 heterocycles. The van der Waals surface area contributed by atoms with Gasteiger partial charge in [0.15, 0.2) is 0 Å². The quantitative estimate of drug-likeness (QED) is 0.301. The number of rotatable bonds is 7. The van der Waals surface area contributed by atoms with Crippen LogP contribution >= 0.6 is 0 Å². The minimum Gasteiger partial charge on any atom is -0.0957 e. The van der Waals surface area contributed by atoms with E-state index in [9.17, 15) is 0 Å². The van der Waals surface area contributed by atoms with Gasteiger partial charge >= 0.3 is 0 Å². The molecule has 0 radical (unpaired) electrons. The molecule has 0 amide bonds. The van der Waals surface area contributed by atoms with Crippen LogP contribution in [0.4, 0.5) is 0 Å². The summed E-state index contributed by atoms with van der Waals surface area (Å²) in [5.41, 5.74) is 0. The first-order valence-corrected chi connectivity index (χ1v) is 5.50. The van der Waals surface area contributed by atoms with Gasteiger partial charge in [-0.2, -0.15) is 0 Å². The van der Waals surface area contributed by atoms with Crippen LogP contribution in [0.3, 0.4) is 0 Å². The van der Waals surface area contributed by atoms with Crippen LogP contribution in [0.25, 0.3) is 0 Å². The fraction of sp³-hybridized carbons (Fsp3) is 0.818. The van der Waals surface area contributed by atoms with Crippen LogP contribution in [-0.4, -0.2) is 6.71 Å². The standard InChI is InChI=1S/C11H23B/c1-4-7-8-9-10-11-12(5-2)6-3/h9-10H,4-8,11H2,1-3H3/b10-9+. The predicted octanol–water partition coefficient (Wildman–Crippen LogP) is 4.27. The van der Waals surface area contributed by atoms with E-state index in [1.165, 1.54) is 38.2 Å². The molecule has 0 fully saturated rings. The molecule has 12 heavy (non-hydrogen) atoms. The van der Waals surface area contributed by atoms with E-state index in [0.717, 1.165) is 6.71 Å². The van der Waals surface area contributed by atoms with E-state index in [1.807, 2.05) is 0 Å². The molecule has 0 aliphatic carbocycles. The third kappa shape index (κ3) is 6.51. The first-order chi connectivity index (χ1) is 5.85. The summed E-state index contributed by atoms with van der Waals surface area (Å²) in [5, 5.41) is 0. The Hall–Kier alpha value is -0.195. The van der Waals surface area contributed by atoms with Gasteiger partial charge in [-0.25, -0.2) is 0 Å². The summed E-state index contributed by atoms with van der Waals surface area (Å²) in [6.45, 7) is 7.74. The molecule has 1 heteroatoms. The van der Waals surface area contributed by atoms with Crippen molar-refractivity contribution < 1.29 is 0 Å². The summed E-state index contributed by atoms with van der Waals surface area (Å²) >= 11 is 0. The molecule has 70 valence electrons. The molecule has 0 aromatic carbocycles. The third-order valence-corrected chi connectivity index (χ3v) is 2.52. The van der Waals surface area contributed by atoms with Gasteiger partial charge in [-0.05, 0) is 6.42 Å². The van der Waals surface area contributed by atoms with E-state index in [1.54, 1.807) is 0 Å². The van der Waals surface area contributed by atoms with Crippen LogP contribution in [0.5, 0.6) is 0 Å². The summed E-state index contributed by atoms with van der Waals surface area (Å²) in [4.78, 5) is 0. The average Bonchev–Trinajstić information content (AvgIpc) is 2.11. The summed E-state index contributed by atoms with van der Waals surface area (Å²) in [7, 11) is 0. The Morgan fingerprint density at radius 2 is 1.67 bits per heavy atom. The number of hydrogen-bond donors (Lipinski definition) is 0.